The van der Waals surface area contributed by atoms with Crippen LogP contribution in [0.4, 0.5) is 0 Å². The average Bonchev–Trinajstić information content (AvgIpc) is 2.24. The number of rotatable bonds is 6. The van der Waals surface area contributed by atoms with Gasteiger partial charge in [0.25, 0.3) is 0 Å². The molecule has 1 atom stereocenters. The van der Waals surface area contributed by atoms with Crippen LogP contribution in [0.5, 0.6) is 0 Å². The highest BCUT2D eigenvalue weighted by Crippen LogP contribution is 2.11. The Morgan fingerprint density at radius 1 is 1.31 bits per heavy atom. The summed E-state index contributed by atoms with van der Waals surface area (Å²) in [6.45, 7) is 4.31. The molecule has 0 saturated heterocycles. The molecule has 0 aromatic carbocycles. The Hall–Kier alpha value is -1.14. The van der Waals surface area contributed by atoms with Crippen molar-refractivity contribution >= 4 is 11.9 Å². The summed E-state index contributed by atoms with van der Waals surface area (Å²) in [5, 5.41) is 20.4. The molecule has 16 heavy (non-hydrogen) atoms. The van der Waals surface area contributed by atoms with Crippen molar-refractivity contribution in [3.05, 3.63) is 0 Å². The Bertz CT molecular complexity index is 272. The molecule has 0 heterocycles. The van der Waals surface area contributed by atoms with Crippen molar-refractivity contribution in [3.8, 4) is 0 Å². The summed E-state index contributed by atoms with van der Waals surface area (Å²) in [7, 11) is 0. The summed E-state index contributed by atoms with van der Waals surface area (Å²) in [5.74, 6) is -1.83. The lowest BCUT2D eigenvalue weighted by Gasteiger charge is -2.27. The lowest BCUT2D eigenvalue weighted by Crippen LogP contribution is -2.56. The molecule has 0 aromatic rings. The molecule has 6 heteroatoms. The highest BCUT2D eigenvalue weighted by Gasteiger charge is 2.34. The van der Waals surface area contributed by atoms with E-state index < -0.39 is 23.0 Å². The van der Waals surface area contributed by atoms with Crippen molar-refractivity contribution in [1.82, 2.24) is 5.32 Å². The van der Waals surface area contributed by atoms with Gasteiger partial charge in [0.05, 0.1) is 12.1 Å². The summed E-state index contributed by atoms with van der Waals surface area (Å²) in [6.07, 6.45) is 0.898. The van der Waals surface area contributed by atoms with E-state index in [0.717, 1.165) is 6.92 Å². The minimum Gasteiger partial charge on any atom is -0.479 e. The van der Waals surface area contributed by atoms with Crippen LogP contribution < -0.4 is 11.1 Å². The minimum absolute atomic E-state index is 0.361. The summed E-state index contributed by atoms with van der Waals surface area (Å²) in [4.78, 5) is 22.2. The fourth-order valence-corrected chi connectivity index (χ4v) is 1.08. The molecule has 0 aliphatic carbocycles. The van der Waals surface area contributed by atoms with Gasteiger partial charge in [-0.3, -0.25) is 4.79 Å². The number of hydrogen-bond donors (Lipinski definition) is 4. The molecule has 94 valence electrons. The van der Waals surface area contributed by atoms with Crippen LogP contribution in [-0.2, 0) is 9.59 Å². The van der Waals surface area contributed by atoms with E-state index in [-0.39, 0.29) is 6.54 Å². The highest BCUT2D eigenvalue weighted by atomic mass is 16.4. The minimum atomic E-state index is -1.97. The van der Waals surface area contributed by atoms with Crippen LogP contribution in [0.25, 0.3) is 0 Å². The quantitative estimate of drug-likeness (QED) is 0.491. The standard InChI is InChI=1S/C10H20N2O4/c1-4-10(11,5-2)7(13)12-6-9(3,16)8(14)15/h16H,4-6,11H2,1-3H3,(H,12,13)(H,14,15). The van der Waals surface area contributed by atoms with Crippen molar-refractivity contribution in [1.29, 1.82) is 0 Å². The smallest absolute Gasteiger partial charge is 0.337 e. The van der Waals surface area contributed by atoms with E-state index in [1.165, 1.54) is 0 Å². The molecule has 0 rings (SSSR count). The molecule has 1 unspecified atom stereocenters. The molecule has 0 radical (unpaired) electrons. The van der Waals surface area contributed by atoms with Crippen molar-refractivity contribution in [2.45, 2.75) is 44.8 Å². The lowest BCUT2D eigenvalue weighted by atomic mass is 9.93. The molecule has 0 fully saturated rings. The number of aliphatic hydroxyl groups is 1. The van der Waals surface area contributed by atoms with Gasteiger partial charge in [-0.1, -0.05) is 13.8 Å². The number of carbonyl (C=O) groups is 2. The molecular weight excluding hydrogens is 212 g/mol. The first-order valence-electron chi connectivity index (χ1n) is 5.22. The number of carboxylic acid groups (broad SMARTS) is 1. The van der Waals surface area contributed by atoms with Crippen molar-refractivity contribution in [2.75, 3.05) is 6.54 Å². The van der Waals surface area contributed by atoms with Gasteiger partial charge in [0.1, 0.15) is 0 Å². The number of amides is 1. The second-order valence-corrected chi connectivity index (χ2v) is 4.12. The third kappa shape index (κ3) is 3.46. The Morgan fingerprint density at radius 3 is 2.06 bits per heavy atom. The monoisotopic (exact) mass is 232 g/mol. The molecule has 0 saturated carbocycles. The van der Waals surface area contributed by atoms with Crippen LogP contribution in [0.2, 0.25) is 0 Å². The predicted octanol–water partition coefficient (Wildman–Crippen LogP) is -0.544. The molecule has 0 spiro atoms. The molecule has 5 N–H and O–H groups in total. The predicted molar refractivity (Wildman–Crippen MR) is 58.8 cm³/mol. The van der Waals surface area contributed by atoms with Crippen LogP contribution >= 0.6 is 0 Å². The molecule has 0 aromatic heterocycles. The summed E-state index contributed by atoms with van der Waals surface area (Å²) in [5.41, 5.74) is 2.82. The molecule has 6 nitrogen and oxygen atoms in total. The number of nitrogens with one attached hydrogen (secondary N) is 1. The first kappa shape index (κ1) is 14.9. The zero-order valence-corrected chi connectivity index (χ0v) is 9.91. The number of hydrogen-bond acceptors (Lipinski definition) is 4. The Labute approximate surface area is 94.8 Å². The first-order valence-corrected chi connectivity index (χ1v) is 5.22. The Balaban J connectivity index is 4.43. The van der Waals surface area contributed by atoms with Gasteiger partial charge in [0.2, 0.25) is 5.91 Å². The first-order chi connectivity index (χ1) is 7.19. The summed E-state index contributed by atoms with van der Waals surface area (Å²) >= 11 is 0. The van der Waals surface area contributed by atoms with Gasteiger partial charge in [0.15, 0.2) is 5.60 Å². The van der Waals surface area contributed by atoms with Gasteiger partial charge in [-0.05, 0) is 19.8 Å². The third-order valence-electron chi connectivity index (χ3n) is 2.77. The van der Waals surface area contributed by atoms with Gasteiger partial charge in [0, 0.05) is 0 Å². The van der Waals surface area contributed by atoms with Gasteiger partial charge >= 0.3 is 5.97 Å². The van der Waals surface area contributed by atoms with E-state index >= 15 is 0 Å². The maximum atomic E-state index is 11.7. The second kappa shape index (κ2) is 5.27. The van der Waals surface area contributed by atoms with Crippen LogP contribution in [0.15, 0.2) is 0 Å². The highest BCUT2D eigenvalue weighted by molar-refractivity contribution is 5.87. The molecule has 0 bridgehead atoms. The zero-order valence-electron chi connectivity index (χ0n) is 9.91. The zero-order chi connectivity index (χ0) is 13.0. The third-order valence-corrected chi connectivity index (χ3v) is 2.77. The number of nitrogens with two attached hydrogens (primary N) is 1. The van der Waals surface area contributed by atoms with Crippen molar-refractivity contribution in [2.24, 2.45) is 5.73 Å². The van der Waals surface area contributed by atoms with E-state index in [0.29, 0.717) is 12.8 Å². The second-order valence-electron chi connectivity index (χ2n) is 4.12. The normalized spacial score (nSPS) is 15.3. The van der Waals surface area contributed by atoms with Gasteiger partial charge < -0.3 is 21.3 Å². The molecule has 1 amide bonds. The lowest BCUT2D eigenvalue weighted by molar-refractivity contribution is -0.156. The largest absolute Gasteiger partial charge is 0.479 e. The number of carboxylic acids is 1. The molecular formula is C10H20N2O4. The van der Waals surface area contributed by atoms with Crippen LogP contribution in [0.1, 0.15) is 33.6 Å². The topological polar surface area (TPSA) is 113 Å². The van der Waals surface area contributed by atoms with E-state index in [1.54, 1.807) is 13.8 Å². The van der Waals surface area contributed by atoms with Crippen molar-refractivity contribution in [3.63, 3.8) is 0 Å². The maximum absolute atomic E-state index is 11.7. The van der Waals surface area contributed by atoms with Crippen LogP contribution in [0, 0.1) is 0 Å². The number of carbonyl (C=O) groups excluding carboxylic acids is 1. The van der Waals surface area contributed by atoms with Gasteiger partial charge in [-0.2, -0.15) is 0 Å². The van der Waals surface area contributed by atoms with Crippen molar-refractivity contribution < 1.29 is 19.8 Å². The fraction of sp³-hybridized carbons (Fsp3) is 0.800. The average molecular weight is 232 g/mol. The van der Waals surface area contributed by atoms with E-state index in [4.69, 9.17) is 10.8 Å². The Morgan fingerprint density at radius 2 is 1.75 bits per heavy atom. The summed E-state index contributed by atoms with van der Waals surface area (Å²) < 4.78 is 0. The Kier molecular flexibility index (Phi) is 4.89. The van der Waals surface area contributed by atoms with Crippen LogP contribution in [-0.4, -0.2) is 39.8 Å². The molecule has 0 aliphatic rings. The van der Waals surface area contributed by atoms with E-state index in [2.05, 4.69) is 5.32 Å². The number of aliphatic carboxylic acids is 1. The van der Waals surface area contributed by atoms with E-state index in [9.17, 15) is 14.7 Å². The van der Waals surface area contributed by atoms with E-state index in [1.807, 2.05) is 0 Å². The van der Waals surface area contributed by atoms with Crippen LogP contribution in [0.3, 0.4) is 0 Å². The maximum Gasteiger partial charge on any atom is 0.337 e. The summed E-state index contributed by atoms with van der Waals surface area (Å²) in [6, 6.07) is 0. The SMILES string of the molecule is CCC(N)(CC)C(=O)NCC(C)(O)C(=O)O. The fourth-order valence-electron chi connectivity index (χ4n) is 1.08. The molecule has 0 aliphatic heterocycles. The van der Waals surface area contributed by atoms with Gasteiger partial charge in [-0.25, -0.2) is 4.79 Å². The van der Waals surface area contributed by atoms with Gasteiger partial charge in [-0.15, -0.1) is 0 Å².